The Hall–Kier alpha value is 0.170. The summed E-state index contributed by atoms with van der Waals surface area (Å²) in [5, 5.41) is 0. The Morgan fingerprint density at radius 1 is 0.973 bits per heavy atom. The molecule has 0 saturated heterocycles. The topological polar surface area (TPSA) is 9.23 Å². The van der Waals surface area contributed by atoms with Crippen LogP contribution in [0.25, 0.3) is 0 Å². The molecule has 0 spiro atoms. The van der Waals surface area contributed by atoms with E-state index >= 15 is 0 Å². The van der Waals surface area contributed by atoms with Crippen molar-refractivity contribution >= 4 is 22.6 Å². The molecular formula is C35H59IO. The van der Waals surface area contributed by atoms with E-state index in [0.29, 0.717) is 16.9 Å². The van der Waals surface area contributed by atoms with E-state index in [2.05, 4.69) is 82.4 Å². The molecule has 37 heavy (non-hydrogen) atoms. The Morgan fingerprint density at radius 2 is 1.76 bits per heavy atom. The zero-order valence-corrected chi connectivity index (χ0v) is 27.4. The highest BCUT2D eigenvalue weighted by Gasteiger charge is 2.59. The Morgan fingerprint density at radius 3 is 2.49 bits per heavy atom. The lowest BCUT2D eigenvalue weighted by atomic mass is 9.47. The SMILES string of the molecule is CC[C@H](C=C[C@@H](C)[C@H]1CCC2C3CC=C4C[C@@H](OCCCCCCI)CC[C@]4(C)C3CC[C@@]21C)C(C)C. The summed E-state index contributed by atoms with van der Waals surface area (Å²) in [4.78, 5) is 0. The summed E-state index contributed by atoms with van der Waals surface area (Å²) in [5.41, 5.74) is 2.77. The number of halogens is 1. The first-order valence-corrected chi connectivity index (χ1v) is 17.8. The Bertz CT molecular complexity index is 784. The Balaban J connectivity index is 1.37. The normalized spacial score (nSPS) is 39.2. The lowest BCUT2D eigenvalue weighted by molar-refractivity contribution is -0.0615. The quantitative estimate of drug-likeness (QED) is 0.0911. The zero-order valence-electron chi connectivity index (χ0n) is 25.2. The van der Waals surface area contributed by atoms with Crippen molar-refractivity contribution in [3.63, 3.8) is 0 Å². The van der Waals surface area contributed by atoms with E-state index < -0.39 is 0 Å². The third-order valence-corrected chi connectivity index (χ3v) is 12.9. The third kappa shape index (κ3) is 6.41. The van der Waals surface area contributed by atoms with Crippen molar-refractivity contribution in [2.45, 2.75) is 131 Å². The van der Waals surface area contributed by atoms with Gasteiger partial charge in [0.1, 0.15) is 0 Å². The Labute approximate surface area is 244 Å². The molecule has 0 aromatic carbocycles. The van der Waals surface area contributed by atoms with Crippen molar-refractivity contribution in [2.24, 2.45) is 52.3 Å². The van der Waals surface area contributed by atoms with E-state index in [4.69, 9.17) is 4.74 Å². The average molecular weight is 623 g/mol. The van der Waals surface area contributed by atoms with Gasteiger partial charge in [-0.25, -0.2) is 0 Å². The number of unbranched alkanes of at least 4 members (excludes halogenated alkanes) is 3. The van der Waals surface area contributed by atoms with Crippen molar-refractivity contribution in [3.8, 4) is 0 Å². The Kier molecular flexibility index (Phi) is 10.8. The van der Waals surface area contributed by atoms with Crippen molar-refractivity contribution in [1.82, 2.24) is 0 Å². The zero-order chi connectivity index (χ0) is 26.6. The molecule has 0 aromatic rings. The molecule has 212 valence electrons. The van der Waals surface area contributed by atoms with Crippen LogP contribution in [0.15, 0.2) is 23.8 Å². The van der Waals surface area contributed by atoms with Gasteiger partial charge in [0.25, 0.3) is 0 Å². The molecule has 3 unspecified atom stereocenters. The number of fused-ring (bicyclic) bond motifs is 5. The van der Waals surface area contributed by atoms with Gasteiger partial charge in [-0.1, -0.05) is 101 Å². The monoisotopic (exact) mass is 622 g/mol. The van der Waals surface area contributed by atoms with E-state index in [0.717, 1.165) is 48.0 Å². The van der Waals surface area contributed by atoms with Crippen LogP contribution in [-0.2, 0) is 4.74 Å². The van der Waals surface area contributed by atoms with Crippen LogP contribution >= 0.6 is 22.6 Å². The number of allylic oxidation sites excluding steroid dienone is 3. The molecule has 0 aliphatic heterocycles. The minimum absolute atomic E-state index is 0.444. The first-order chi connectivity index (χ1) is 17.7. The van der Waals surface area contributed by atoms with Crippen LogP contribution in [-0.4, -0.2) is 17.1 Å². The van der Waals surface area contributed by atoms with Crippen LogP contribution < -0.4 is 0 Å². The van der Waals surface area contributed by atoms with Gasteiger partial charge in [0.2, 0.25) is 0 Å². The van der Waals surface area contributed by atoms with Crippen molar-refractivity contribution in [1.29, 1.82) is 0 Å². The predicted molar refractivity (Wildman–Crippen MR) is 169 cm³/mol. The largest absolute Gasteiger partial charge is 0.378 e. The third-order valence-electron chi connectivity index (χ3n) is 12.1. The predicted octanol–water partition coefficient (Wildman–Crippen LogP) is 10.8. The highest BCUT2D eigenvalue weighted by atomic mass is 127. The van der Waals surface area contributed by atoms with Gasteiger partial charge < -0.3 is 4.74 Å². The molecule has 0 aromatic heterocycles. The lowest BCUT2D eigenvalue weighted by Crippen LogP contribution is -2.51. The van der Waals surface area contributed by atoms with Gasteiger partial charge in [-0.15, -0.1) is 0 Å². The highest BCUT2D eigenvalue weighted by molar-refractivity contribution is 14.1. The molecule has 3 saturated carbocycles. The summed E-state index contributed by atoms with van der Waals surface area (Å²) in [6.07, 6.45) is 26.1. The van der Waals surface area contributed by atoms with E-state index in [9.17, 15) is 0 Å². The number of alkyl halides is 1. The lowest BCUT2D eigenvalue weighted by Gasteiger charge is -2.58. The summed E-state index contributed by atoms with van der Waals surface area (Å²) >= 11 is 2.50. The summed E-state index contributed by atoms with van der Waals surface area (Å²) in [5.74, 6) is 5.86. The number of ether oxygens (including phenoxy) is 1. The molecule has 4 aliphatic rings. The van der Waals surface area contributed by atoms with Crippen LogP contribution in [0.5, 0.6) is 0 Å². The first-order valence-electron chi connectivity index (χ1n) is 16.3. The molecule has 0 bridgehead atoms. The molecule has 1 nitrogen and oxygen atoms in total. The van der Waals surface area contributed by atoms with Crippen LogP contribution in [0.1, 0.15) is 125 Å². The fourth-order valence-electron chi connectivity index (χ4n) is 9.76. The number of hydrogen-bond acceptors (Lipinski definition) is 1. The van der Waals surface area contributed by atoms with E-state index in [1.807, 2.05) is 0 Å². The second-order valence-electron chi connectivity index (χ2n) is 14.4. The van der Waals surface area contributed by atoms with Gasteiger partial charge >= 0.3 is 0 Å². The summed E-state index contributed by atoms with van der Waals surface area (Å²) in [7, 11) is 0. The van der Waals surface area contributed by atoms with Gasteiger partial charge in [-0.2, -0.15) is 0 Å². The summed E-state index contributed by atoms with van der Waals surface area (Å²) in [6.45, 7) is 16.0. The number of hydrogen-bond donors (Lipinski definition) is 0. The van der Waals surface area contributed by atoms with E-state index in [-0.39, 0.29) is 0 Å². The molecule has 0 heterocycles. The van der Waals surface area contributed by atoms with Gasteiger partial charge in [-0.3, -0.25) is 0 Å². The van der Waals surface area contributed by atoms with Crippen molar-refractivity contribution < 1.29 is 4.74 Å². The van der Waals surface area contributed by atoms with Gasteiger partial charge in [0.05, 0.1) is 6.10 Å². The molecule has 2 heteroatoms. The van der Waals surface area contributed by atoms with Crippen molar-refractivity contribution in [3.05, 3.63) is 23.8 Å². The standard InChI is InChI=1S/C35H59IO/c1-7-27(25(2)3)13-12-26(4)31-16-17-32-30-15-14-28-24-29(37-23-11-9-8-10-22-36)18-20-34(28,5)33(30)19-21-35(31,32)6/h12-14,25-27,29-33H,7-11,15-24H2,1-6H3/t26-,27-,29+,30?,31-,32?,33?,34+,35-/m1/s1. The molecule has 0 radical (unpaired) electrons. The van der Waals surface area contributed by atoms with Crippen LogP contribution in [0.3, 0.4) is 0 Å². The van der Waals surface area contributed by atoms with Gasteiger partial charge in [-0.05, 0) is 127 Å². The minimum Gasteiger partial charge on any atom is -0.378 e. The molecule has 4 rings (SSSR count). The second kappa shape index (κ2) is 13.2. The maximum Gasteiger partial charge on any atom is 0.0612 e. The first kappa shape index (κ1) is 30.1. The maximum atomic E-state index is 6.43. The molecule has 9 atom stereocenters. The average Bonchev–Trinajstić information content (AvgIpc) is 3.23. The fourth-order valence-corrected chi connectivity index (χ4v) is 10.3. The van der Waals surface area contributed by atoms with Crippen LogP contribution in [0.4, 0.5) is 0 Å². The molecule has 0 N–H and O–H groups in total. The van der Waals surface area contributed by atoms with Crippen LogP contribution in [0, 0.1) is 52.3 Å². The maximum absolute atomic E-state index is 6.43. The highest BCUT2D eigenvalue weighted by Crippen LogP contribution is 2.67. The summed E-state index contributed by atoms with van der Waals surface area (Å²) < 4.78 is 7.73. The fraction of sp³-hybridized carbons (Fsp3) is 0.886. The van der Waals surface area contributed by atoms with Crippen LogP contribution in [0.2, 0.25) is 0 Å². The minimum atomic E-state index is 0.444. The molecular weight excluding hydrogens is 563 g/mol. The van der Waals surface area contributed by atoms with E-state index in [1.165, 1.54) is 87.9 Å². The second-order valence-corrected chi connectivity index (χ2v) is 15.5. The van der Waals surface area contributed by atoms with Crippen molar-refractivity contribution in [2.75, 3.05) is 11.0 Å². The van der Waals surface area contributed by atoms with Gasteiger partial charge in [0, 0.05) is 6.61 Å². The summed E-state index contributed by atoms with van der Waals surface area (Å²) in [6, 6.07) is 0. The number of rotatable bonds is 12. The van der Waals surface area contributed by atoms with E-state index in [1.54, 1.807) is 5.57 Å². The van der Waals surface area contributed by atoms with Gasteiger partial charge in [0.15, 0.2) is 0 Å². The molecule has 3 fully saturated rings. The molecule has 0 amide bonds. The molecule has 4 aliphatic carbocycles. The smallest absolute Gasteiger partial charge is 0.0612 e.